The molecule has 6 nitrogen and oxygen atoms in total. The molecule has 1 aromatic carbocycles. The van der Waals surface area contributed by atoms with Crippen LogP contribution in [0.3, 0.4) is 0 Å². The Kier molecular flexibility index (Phi) is 6.05. The topological polar surface area (TPSA) is 55.2 Å². The predicted octanol–water partition coefficient (Wildman–Crippen LogP) is 5.62. The average molecular weight is 452 g/mol. The van der Waals surface area contributed by atoms with Gasteiger partial charge in [-0.3, -0.25) is 4.98 Å². The number of hydrogen-bond donors (Lipinski definition) is 1. The summed E-state index contributed by atoms with van der Waals surface area (Å²) in [5.41, 5.74) is 2.44. The van der Waals surface area contributed by atoms with E-state index in [0.717, 1.165) is 40.3 Å². The number of rotatable bonds is 8. The molecule has 0 spiro atoms. The number of ether oxygens (including phenoxy) is 1. The van der Waals surface area contributed by atoms with Crippen molar-refractivity contribution in [3.63, 3.8) is 0 Å². The fraction of sp³-hybridized carbons (Fsp3) is 0.333. The smallest absolute Gasteiger partial charge is 0.167 e. The number of aromatic nitrogens is 3. The first-order valence-corrected chi connectivity index (χ1v) is 11.8. The van der Waals surface area contributed by atoms with E-state index in [4.69, 9.17) is 4.74 Å². The van der Waals surface area contributed by atoms with Crippen molar-refractivity contribution in [1.29, 1.82) is 0 Å². The van der Waals surface area contributed by atoms with E-state index < -0.39 is 5.82 Å². The molecule has 166 valence electrons. The van der Waals surface area contributed by atoms with Gasteiger partial charge in [0.15, 0.2) is 11.6 Å². The second-order valence-electron chi connectivity index (χ2n) is 8.03. The number of nitrogens with one attached hydrogen (secondary N) is 1. The maximum absolute atomic E-state index is 14.4. The van der Waals surface area contributed by atoms with Gasteiger partial charge in [0.05, 0.1) is 27.1 Å². The summed E-state index contributed by atoms with van der Waals surface area (Å²) in [6.07, 6.45) is 9.45. The van der Waals surface area contributed by atoms with Gasteiger partial charge in [-0.25, -0.2) is 9.37 Å². The minimum absolute atomic E-state index is 0.189. The lowest BCUT2D eigenvalue weighted by molar-refractivity contribution is 0.325. The molecular formula is C24H26FN5OS. The summed E-state index contributed by atoms with van der Waals surface area (Å²) in [5, 5.41) is 2.92. The van der Waals surface area contributed by atoms with Crippen molar-refractivity contribution in [3.05, 3.63) is 54.9 Å². The van der Waals surface area contributed by atoms with Crippen molar-refractivity contribution in [1.82, 2.24) is 19.4 Å². The maximum atomic E-state index is 14.4. The van der Waals surface area contributed by atoms with Gasteiger partial charge >= 0.3 is 0 Å². The van der Waals surface area contributed by atoms with Gasteiger partial charge in [0.2, 0.25) is 0 Å². The van der Waals surface area contributed by atoms with Crippen LogP contribution in [0.5, 0.6) is 11.5 Å². The van der Waals surface area contributed by atoms with Crippen LogP contribution in [0.25, 0.3) is 20.8 Å². The lowest BCUT2D eigenvalue weighted by Gasteiger charge is -2.13. The zero-order valence-corrected chi connectivity index (χ0v) is 18.9. The second-order valence-corrected chi connectivity index (χ2v) is 9.08. The Hall–Kier alpha value is -2.97. The summed E-state index contributed by atoms with van der Waals surface area (Å²) in [6.45, 7) is 4.57. The van der Waals surface area contributed by atoms with Gasteiger partial charge in [-0.2, -0.15) is 0 Å². The predicted molar refractivity (Wildman–Crippen MR) is 127 cm³/mol. The Morgan fingerprint density at radius 1 is 1.09 bits per heavy atom. The quantitative estimate of drug-likeness (QED) is 0.377. The Morgan fingerprint density at radius 2 is 1.97 bits per heavy atom. The fourth-order valence-electron chi connectivity index (χ4n) is 4.07. The first-order chi connectivity index (χ1) is 15.7. The highest BCUT2D eigenvalue weighted by Gasteiger charge is 2.15. The minimum Gasteiger partial charge on any atom is -0.453 e. The number of benzene rings is 1. The molecule has 0 aliphatic carbocycles. The molecule has 0 bridgehead atoms. The zero-order valence-electron chi connectivity index (χ0n) is 18.1. The molecule has 3 aromatic heterocycles. The van der Waals surface area contributed by atoms with Crippen LogP contribution < -0.4 is 10.1 Å². The molecule has 0 saturated carbocycles. The molecule has 4 heterocycles. The summed E-state index contributed by atoms with van der Waals surface area (Å²) in [6, 6.07) is 8.62. The van der Waals surface area contributed by atoms with Gasteiger partial charge in [0, 0.05) is 43.8 Å². The minimum atomic E-state index is -0.411. The number of imidazole rings is 1. The van der Waals surface area contributed by atoms with Crippen LogP contribution in [0.2, 0.25) is 0 Å². The highest BCUT2D eigenvalue weighted by molar-refractivity contribution is 7.22. The third-order valence-electron chi connectivity index (χ3n) is 5.79. The first-order valence-electron chi connectivity index (χ1n) is 11.0. The number of fused-ring (bicyclic) bond motifs is 1. The van der Waals surface area contributed by atoms with Crippen molar-refractivity contribution in [2.24, 2.45) is 0 Å². The van der Waals surface area contributed by atoms with Gasteiger partial charge in [-0.1, -0.05) is 0 Å². The summed E-state index contributed by atoms with van der Waals surface area (Å²) in [7, 11) is 1.75. The molecule has 0 amide bonds. The Bertz CT molecular complexity index is 1210. The van der Waals surface area contributed by atoms with E-state index in [2.05, 4.69) is 30.9 Å². The van der Waals surface area contributed by atoms with Crippen molar-refractivity contribution >= 4 is 27.2 Å². The van der Waals surface area contributed by atoms with Crippen LogP contribution in [-0.4, -0.2) is 46.1 Å². The van der Waals surface area contributed by atoms with E-state index in [-0.39, 0.29) is 5.75 Å². The van der Waals surface area contributed by atoms with E-state index in [1.165, 1.54) is 32.0 Å². The van der Waals surface area contributed by atoms with E-state index in [1.807, 2.05) is 12.4 Å². The molecule has 1 saturated heterocycles. The summed E-state index contributed by atoms with van der Waals surface area (Å²) < 4.78 is 23.3. The molecule has 0 unspecified atom stereocenters. The van der Waals surface area contributed by atoms with Crippen LogP contribution >= 0.6 is 11.3 Å². The standard InChI is InChI=1S/C24H26FN5OS/c1-26-17-5-6-21(18(25)13-17)31-22-7-8-27-19-14-23(32-24(19)22)20-15-30(16-28-20)12-4-11-29-9-2-3-10-29/h5-8,13-16,26H,2-4,9-12H2,1H3. The largest absolute Gasteiger partial charge is 0.453 e. The van der Waals surface area contributed by atoms with Gasteiger partial charge < -0.3 is 19.5 Å². The molecule has 1 aliphatic rings. The zero-order chi connectivity index (χ0) is 21.9. The second kappa shape index (κ2) is 9.26. The number of anilines is 1. The molecule has 4 aromatic rings. The fourth-order valence-corrected chi connectivity index (χ4v) is 5.10. The molecule has 0 atom stereocenters. The highest BCUT2D eigenvalue weighted by atomic mass is 32.1. The Balaban J connectivity index is 1.32. The van der Waals surface area contributed by atoms with E-state index in [0.29, 0.717) is 11.4 Å². The van der Waals surface area contributed by atoms with Crippen LogP contribution in [0.15, 0.2) is 49.1 Å². The number of halogens is 1. The van der Waals surface area contributed by atoms with Gasteiger partial charge in [0.25, 0.3) is 0 Å². The summed E-state index contributed by atoms with van der Waals surface area (Å²) in [4.78, 5) is 12.6. The molecule has 1 N–H and O–H groups in total. The Morgan fingerprint density at radius 3 is 2.78 bits per heavy atom. The first kappa shape index (κ1) is 20.9. The number of thiophene rings is 1. The third kappa shape index (κ3) is 4.47. The highest BCUT2D eigenvalue weighted by Crippen LogP contribution is 2.39. The number of aryl methyl sites for hydroxylation is 1. The lowest BCUT2D eigenvalue weighted by Crippen LogP contribution is -2.21. The van der Waals surface area contributed by atoms with Crippen molar-refractivity contribution in [2.75, 3.05) is 32.0 Å². The van der Waals surface area contributed by atoms with E-state index in [9.17, 15) is 4.39 Å². The van der Waals surface area contributed by atoms with Crippen molar-refractivity contribution in [3.8, 4) is 22.1 Å². The van der Waals surface area contributed by atoms with Crippen LogP contribution in [0.4, 0.5) is 10.1 Å². The summed E-state index contributed by atoms with van der Waals surface area (Å²) in [5.74, 6) is 0.368. The van der Waals surface area contributed by atoms with Crippen molar-refractivity contribution < 1.29 is 9.13 Å². The molecule has 32 heavy (non-hydrogen) atoms. The number of nitrogens with zero attached hydrogens (tertiary/aromatic N) is 4. The third-order valence-corrected chi connectivity index (χ3v) is 6.95. The maximum Gasteiger partial charge on any atom is 0.167 e. The normalized spacial score (nSPS) is 14.3. The Labute approximate surface area is 190 Å². The summed E-state index contributed by atoms with van der Waals surface area (Å²) >= 11 is 1.56. The van der Waals surface area contributed by atoms with Crippen LogP contribution in [0, 0.1) is 5.82 Å². The molecule has 0 radical (unpaired) electrons. The molecular weight excluding hydrogens is 425 g/mol. The lowest BCUT2D eigenvalue weighted by atomic mass is 10.3. The van der Waals surface area contributed by atoms with Crippen molar-refractivity contribution in [2.45, 2.75) is 25.8 Å². The molecule has 5 rings (SSSR count). The molecule has 8 heteroatoms. The number of pyridine rings is 1. The monoisotopic (exact) mass is 451 g/mol. The number of likely N-dealkylation sites (tertiary alicyclic amines) is 1. The number of hydrogen-bond acceptors (Lipinski definition) is 6. The molecule has 1 aliphatic heterocycles. The van der Waals surface area contributed by atoms with Crippen LogP contribution in [0.1, 0.15) is 19.3 Å². The SMILES string of the molecule is CNc1ccc(Oc2ccnc3cc(-c4cn(CCCN5CCCC5)cn4)sc23)c(F)c1. The van der Waals surface area contributed by atoms with E-state index in [1.54, 1.807) is 42.8 Å². The van der Waals surface area contributed by atoms with Crippen LogP contribution in [-0.2, 0) is 6.54 Å². The van der Waals surface area contributed by atoms with E-state index >= 15 is 0 Å². The van der Waals surface area contributed by atoms with Gasteiger partial charge in [-0.05, 0) is 57.1 Å². The van der Waals surface area contributed by atoms with Gasteiger partial charge in [0.1, 0.15) is 5.75 Å². The molecule has 1 fully saturated rings. The average Bonchev–Trinajstić information content (AvgIpc) is 3.56. The van der Waals surface area contributed by atoms with Gasteiger partial charge in [-0.15, -0.1) is 11.3 Å².